The van der Waals surface area contributed by atoms with Gasteiger partial charge in [-0.3, -0.25) is 4.79 Å². The highest BCUT2D eigenvalue weighted by atomic mass is 19.4. The molecule has 0 aromatic heterocycles. The second kappa shape index (κ2) is 4.83. The van der Waals surface area contributed by atoms with Crippen LogP contribution in [0.3, 0.4) is 0 Å². The topological polar surface area (TPSA) is 41.1 Å². The number of amides is 1. The Morgan fingerprint density at radius 1 is 1.53 bits per heavy atom. The van der Waals surface area contributed by atoms with Gasteiger partial charge in [0.05, 0.1) is 0 Å². The van der Waals surface area contributed by atoms with Gasteiger partial charge in [0, 0.05) is 12.6 Å². The molecule has 15 heavy (non-hydrogen) atoms. The van der Waals surface area contributed by atoms with E-state index in [1.54, 1.807) is 0 Å². The van der Waals surface area contributed by atoms with E-state index in [1.165, 1.54) is 0 Å². The zero-order valence-corrected chi connectivity index (χ0v) is 8.53. The number of halogens is 3. The minimum Gasteiger partial charge on any atom is -0.352 e. The lowest BCUT2D eigenvalue weighted by molar-refractivity contribution is -0.179. The van der Waals surface area contributed by atoms with Crippen molar-refractivity contribution in [3.8, 4) is 0 Å². The third-order valence-electron chi connectivity index (χ3n) is 2.53. The SMILES string of the molecule is CC(C(=O)N[C@@H]1CCCNC1)C(F)(F)F. The third kappa shape index (κ3) is 3.70. The molecular weight excluding hydrogens is 209 g/mol. The first-order chi connectivity index (χ1) is 6.91. The molecule has 6 heteroatoms. The lowest BCUT2D eigenvalue weighted by Crippen LogP contribution is -2.49. The third-order valence-corrected chi connectivity index (χ3v) is 2.53. The molecule has 0 radical (unpaired) electrons. The molecule has 2 N–H and O–H groups in total. The Bertz CT molecular complexity index is 224. The monoisotopic (exact) mass is 224 g/mol. The molecule has 1 heterocycles. The van der Waals surface area contributed by atoms with Gasteiger partial charge in [0.1, 0.15) is 5.92 Å². The lowest BCUT2D eigenvalue weighted by Gasteiger charge is -2.25. The zero-order valence-electron chi connectivity index (χ0n) is 8.53. The summed E-state index contributed by atoms with van der Waals surface area (Å²) in [6.45, 7) is 2.29. The molecule has 0 aromatic carbocycles. The van der Waals surface area contributed by atoms with Crippen LogP contribution in [0, 0.1) is 5.92 Å². The summed E-state index contributed by atoms with van der Waals surface area (Å²) in [6.07, 6.45) is -2.83. The molecule has 1 fully saturated rings. The zero-order chi connectivity index (χ0) is 11.5. The first kappa shape index (κ1) is 12.3. The molecule has 3 nitrogen and oxygen atoms in total. The van der Waals surface area contributed by atoms with Gasteiger partial charge < -0.3 is 10.6 Å². The van der Waals surface area contributed by atoms with Crippen molar-refractivity contribution in [1.82, 2.24) is 10.6 Å². The van der Waals surface area contributed by atoms with Crippen molar-refractivity contribution in [1.29, 1.82) is 0 Å². The average molecular weight is 224 g/mol. The molecule has 1 aliphatic rings. The van der Waals surface area contributed by atoms with E-state index >= 15 is 0 Å². The van der Waals surface area contributed by atoms with Gasteiger partial charge in [0.15, 0.2) is 0 Å². The number of piperidine rings is 1. The van der Waals surface area contributed by atoms with Gasteiger partial charge in [-0.15, -0.1) is 0 Å². The van der Waals surface area contributed by atoms with Gasteiger partial charge >= 0.3 is 6.18 Å². The fourth-order valence-electron chi connectivity index (χ4n) is 1.45. The first-order valence-corrected chi connectivity index (χ1v) is 4.99. The van der Waals surface area contributed by atoms with Crippen LogP contribution < -0.4 is 10.6 Å². The van der Waals surface area contributed by atoms with Crippen molar-refractivity contribution in [3.63, 3.8) is 0 Å². The second-order valence-electron chi connectivity index (χ2n) is 3.82. The number of rotatable bonds is 2. The Balaban J connectivity index is 2.40. The highest BCUT2D eigenvalue weighted by molar-refractivity contribution is 5.79. The number of alkyl halides is 3. The van der Waals surface area contributed by atoms with Crippen molar-refractivity contribution in [3.05, 3.63) is 0 Å². The molecule has 1 unspecified atom stereocenters. The summed E-state index contributed by atoms with van der Waals surface area (Å²) < 4.78 is 36.5. The summed E-state index contributed by atoms with van der Waals surface area (Å²) in [7, 11) is 0. The summed E-state index contributed by atoms with van der Waals surface area (Å²) in [5.74, 6) is -2.87. The van der Waals surface area contributed by atoms with E-state index in [0.29, 0.717) is 6.54 Å². The summed E-state index contributed by atoms with van der Waals surface area (Å²) in [5, 5.41) is 5.43. The minimum atomic E-state index is -4.45. The minimum absolute atomic E-state index is 0.170. The number of carbonyl (C=O) groups excluding carboxylic acids is 1. The molecule has 0 aliphatic carbocycles. The van der Waals surface area contributed by atoms with Gasteiger partial charge in [-0.2, -0.15) is 13.2 Å². The Labute approximate surface area is 86.4 Å². The van der Waals surface area contributed by atoms with Crippen molar-refractivity contribution in [2.24, 2.45) is 5.92 Å². The van der Waals surface area contributed by atoms with Crippen molar-refractivity contribution >= 4 is 5.91 Å². The molecule has 0 bridgehead atoms. The van der Waals surface area contributed by atoms with E-state index in [2.05, 4.69) is 10.6 Å². The molecule has 88 valence electrons. The number of carbonyl (C=O) groups is 1. The van der Waals surface area contributed by atoms with Gasteiger partial charge in [-0.1, -0.05) is 0 Å². The summed E-state index contributed by atoms with van der Waals surface area (Å²) in [6, 6.07) is -0.170. The Morgan fingerprint density at radius 2 is 2.20 bits per heavy atom. The van der Waals surface area contributed by atoms with Crippen molar-refractivity contribution < 1.29 is 18.0 Å². The van der Waals surface area contributed by atoms with Gasteiger partial charge in [-0.05, 0) is 26.3 Å². The molecule has 0 saturated carbocycles. The highest BCUT2D eigenvalue weighted by Gasteiger charge is 2.41. The molecule has 2 atom stereocenters. The summed E-state index contributed by atoms with van der Waals surface area (Å²) in [5.41, 5.74) is 0. The van der Waals surface area contributed by atoms with E-state index < -0.39 is 18.0 Å². The fourth-order valence-corrected chi connectivity index (χ4v) is 1.45. The molecule has 0 aromatic rings. The maximum absolute atomic E-state index is 12.2. The number of hydrogen-bond acceptors (Lipinski definition) is 2. The van der Waals surface area contributed by atoms with Crippen LogP contribution in [0.25, 0.3) is 0 Å². The highest BCUT2D eigenvalue weighted by Crippen LogP contribution is 2.25. The van der Waals surface area contributed by atoms with Gasteiger partial charge in [-0.25, -0.2) is 0 Å². The van der Waals surface area contributed by atoms with Crippen LogP contribution in [-0.4, -0.2) is 31.2 Å². The van der Waals surface area contributed by atoms with Crippen molar-refractivity contribution in [2.75, 3.05) is 13.1 Å². The predicted molar refractivity (Wildman–Crippen MR) is 49.3 cm³/mol. The maximum atomic E-state index is 12.2. The summed E-state index contributed by atoms with van der Waals surface area (Å²) >= 11 is 0. The Kier molecular flexibility index (Phi) is 3.96. The normalized spacial score (nSPS) is 24.7. The van der Waals surface area contributed by atoms with Crippen LogP contribution in [-0.2, 0) is 4.79 Å². The van der Waals surface area contributed by atoms with E-state index in [0.717, 1.165) is 26.3 Å². The van der Waals surface area contributed by atoms with E-state index in [9.17, 15) is 18.0 Å². The smallest absolute Gasteiger partial charge is 0.352 e. The van der Waals surface area contributed by atoms with E-state index in [-0.39, 0.29) is 6.04 Å². The van der Waals surface area contributed by atoms with E-state index in [1.807, 2.05) is 0 Å². The maximum Gasteiger partial charge on any atom is 0.400 e. The Morgan fingerprint density at radius 3 is 2.67 bits per heavy atom. The predicted octanol–water partition coefficient (Wildman–Crippen LogP) is 1.05. The first-order valence-electron chi connectivity index (χ1n) is 4.99. The van der Waals surface area contributed by atoms with Gasteiger partial charge in [0.25, 0.3) is 0 Å². The summed E-state index contributed by atoms with van der Waals surface area (Å²) in [4.78, 5) is 11.2. The second-order valence-corrected chi connectivity index (χ2v) is 3.82. The number of nitrogens with one attached hydrogen (secondary N) is 2. The molecular formula is C9H15F3N2O. The lowest BCUT2D eigenvalue weighted by atomic mass is 10.1. The number of hydrogen-bond donors (Lipinski definition) is 2. The quantitative estimate of drug-likeness (QED) is 0.736. The van der Waals surface area contributed by atoms with E-state index in [4.69, 9.17) is 0 Å². The standard InChI is InChI=1S/C9H15F3N2O/c1-6(9(10,11)12)8(15)14-7-3-2-4-13-5-7/h6-7,13H,2-5H2,1H3,(H,14,15)/t6?,7-/m1/s1. The van der Waals surface area contributed by atoms with Crippen LogP contribution >= 0.6 is 0 Å². The molecule has 0 spiro atoms. The molecule has 1 amide bonds. The van der Waals surface area contributed by atoms with Crippen LogP contribution in [0.1, 0.15) is 19.8 Å². The average Bonchev–Trinajstić information content (AvgIpc) is 2.16. The Hall–Kier alpha value is -0.780. The molecule has 1 saturated heterocycles. The van der Waals surface area contributed by atoms with Crippen LogP contribution in [0.5, 0.6) is 0 Å². The fraction of sp³-hybridized carbons (Fsp3) is 0.889. The van der Waals surface area contributed by atoms with Crippen LogP contribution in [0.2, 0.25) is 0 Å². The van der Waals surface area contributed by atoms with Crippen LogP contribution in [0.4, 0.5) is 13.2 Å². The van der Waals surface area contributed by atoms with Crippen molar-refractivity contribution in [2.45, 2.75) is 32.0 Å². The molecule has 1 aliphatic heterocycles. The van der Waals surface area contributed by atoms with Gasteiger partial charge in [0.2, 0.25) is 5.91 Å². The largest absolute Gasteiger partial charge is 0.400 e. The van der Waals surface area contributed by atoms with Crippen LogP contribution in [0.15, 0.2) is 0 Å². The molecule has 1 rings (SSSR count).